The molecule has 0 unspecified atom stereocenters. The van der Waals surface area contributed by atoms with Crippen LogP contribution in [0.4, 0.5) is 0 Å². The van der Waals surface area contributed by atoms with Gasteiger partial charge in [-0.3, -0.25) is 0 Å². The predicted molar refractivity (Wildman–Crippen MR) is 128 cm³/mol. The molecule has 4 nitrogen and oxygen atoms in total. The number of nitrogens with zero attached hydrogens (tertiary/aromatic N) is 2. The lowest BCUT2D eigenvalue weighted by Gasteiger charge is -2.05. The van der Waals surface area contributed by atoms with Crippen LogP contribution in [-0.2, 0) is 11.2 Å². The van der Waals surface area contributed by atoms with Gasteiger partial charge in [-0.15, -0.1) is 0 Å². The summed E-state index contributed by atoms with van der Waals surface area (Å²) in [6.07, 6.45) is 21.1. The van der Waals surface area contributed by atoms with Gasteiger partial charge in [-0.25, -0.2) is 14.8 Å². The van der Waals surface area contributed by atoms with Crippen molar-refractivity contribution in [2.75, 3.05) is 0 Å². The molecule has 0 aliphatic rings. The number of esters is 1. The van der Waals surface area contributed by atoms with Crippen LogP contribution in [0.3, 0.4) is 0 Å². The molecule has 0 radical (unpaired) electrons. The van der Waals surface area contributed by atoms with E-state index in [1.165, 1.54) is 69.4 Å². The number of allylic oxidation sites excluding steroid dienone is 1. The van der Waals surface area contributed by atoms with E-state index >= 15 is 0 Å². The zero-order valence-electron chi connectivity index (χ0n) is 19.3. The molecule has 0 bridgehead atoms. The fourth-order valence-electron chi connectivity index (χ4n) is 3.47. The molecule has 0 N–H and O–H groups in total. The molecule has 0 saturated carbocycles. The Hall–Kier alpha value is -2.49. The fraction of sp³-hybridized carbons (Fsp3) is 0.519. The first-order valence-electron chi connectivity index (χ1n) is 12.0. The highest BCUT2D eigenvalue weighted by molar-refractivity contribution is 5.83. The van der Waals surface area contributed by atoms with E-state index in [-0.39, 0.29) is 5.97 Å². The lowest BCUT2D eigenvalue weighted by Crippen LogP contribution is -2.04. The fourth-order valence-corrected chi connectivity index (χ4v) is 3.47. The molecule has 0 fully saturated rings. The number of carbonyl (C=O) groups is 1. The van der Waals surface area contributed by atoms with E-state index in [1.54, 1.807) is 12.4 Å². The van der Waals surface area contributed by atoms with Gasteiger partial charge < -0.3 is 4.74 Å². The molecule has 2 rings (SSSR count). The molecule has 1 heterocycles. The Morgan fingerprint density at radius 3 is 2.10 bits per heavy atom. The quantitative estimate of drug-likeness (QED) is 0.170. The SMILES string of the molecule is CCCCCCCC=CC(=O)Oc1cnc(-c2ccc(CCCCCCC)cc2)nc1. The number of aryl methyl sites for hydroxylation is 1. The van der Waals surface area contributed by atoms with Crippen LogP contribution in [0.5, 0.6) is 5.75 Å². The van der Waals surface area contributed by atoms with E-state index in [9.17, 15) is 4.79 Å². The summed E-state index contributed by atoms with van der Waals surface area (Å²) in [5.41, 5.74) is 2.32. The summed E-state index contributed by atoms with van der Waals surface area (Å²) < 4.78 is 5.29. The van der Waals surface area contributed by atoms with Crippen LogP contribution < -0.4 is 4.74 Å². The number of rotatable bonds is 15. The van der Waals surface area contributed by atoms with Crippen molar-refractivity contribution < 1.29 is 9.53 Å². The highest BCUT2D eigenvalue weighted by Gasteiger charge is 2.05. The third kappa shape index (κ3) is 10.4. The molecule has 0 saturated heterocycles. The molecule has 0 atom stereocenters. The third-order valence-electron chi connectivity index (χ3n) is 5.36. The van der Waals surface area contributed by atoms with Crippen molar-refractivity contribution in [2.24, 2.45) is 0 Å². The van der Waals surface area contributed by atoms with Crippen molar-refractivity contribution in [1.29, 1.82) is 0 Å². The molecule has 0 spiro atoms. The lowest BCUT2D eigenvalue weighted by atomic mass is 10.0. The Bertz CT molecular complexity index is 767. The van der Waals surface area contributed by atoms with Gasteiger partial charge in [-0.1, -0.05) is 95.6 Å². The molecule has 2 aromatic rings. The van der Waals surface area contributed by atoms with E-state index in [1.807, 2.05) is 6.08 Å². The smallest absolute Gasteiger partial charge is 0.335 e. The standard InChI is InChI=1S/C27H38N2O2/c1-3-5-7-9-10-12-14-16-26(30)31-25-21-28-27(29-22-25)24-19-17-23(18-20-24)15-13-11-8-6-4-2/h14,16-22H,3-13,15H2,1-2H3. The average molecular weight is 423 g/mol. The first kappa shape index (κ1) is 24.8. The van der Waals surface area contributed by atoms with E-state index in [4.69, 9.17) is 4.74 Å². The Morgan fingerprint density at radius 1 is 0.839 bits per heavy atom. The van der Waals surface area contributed by atoms with Crippen molar-refractivity contribution in [1.82, 2.24) is 9.97 Å². The number of hydrogen-bond acceptors (Lipinski definition) is 4. The molecule has 0 amide bonds. The van der Waals surface area contributed by atoms with Gasteiger partial charge in [-0.05, 0) is 31.2 Å². The maximum Gasteiger partial charge on any atom is 0.335 e. The van der Waals surface area contributed by atoms with Crippen LogP contribution in [-0.4, -0.2) is 15.9 Å². The van der Waals surface area contributed by atoms with Gasteiger partial charge in [0.05, 0.1) is 12.4 Å². The van der Waals surface area contributed by atoms with Crippen LogP contribution in [0.15, 0.2) is 48.8 Å². The maximum atomic E-state index is 11.9. The van der Waals surface area contributed by atoms with Crippen LogP contribution >= 0.6 is 0 Å². The normalized spacial score (nSPS) is 11.2. The molecule has 0 aliphatic heterocycles. The lowest BCUT2D eigenvalue weighted by molar-refractivity contribution is -0.129. The van der Waals surface area contributed by atoms with E-state index in [0.29, 0.717) is 11.6 Å². The molecule has 4 heteroatoms. The topological polar surface area (TPSA) is 52.1 Å². The molecular weight excluding hydrogens is 384 g/mol. The van der Waals surface area contributed by atoms with Gasteiger partial charge in [0.2, 0.25) is 0 Å². The average Bonchev–Trinajstić information content (AvgIpc) is 2.79. The summed E-state index contributed by atoms with van der Waals surface area (Å²) in [5, 5.41) is 0. The number of ether oxygens (including phenoxy) is 1. The van der Waals surface area contributed by atoms with Crippen LogP contribution in [0.25, 0.3) is 11.4 Å². The van der Waals surface area contributed by atoms with E-state index in [2.05, 4.69) is 48.1 Å². The maximum absolute atomic E-state index is 11.9. The van der Waals surface area contributed by atoms with Crippen LogP contribution in [0, 0.1) is 0 Å². The minimum atomic E-state index is -0.381. The molecule has 31 heavy (non-hydrogen) atoms. The van der Waals surface area contributed by atoms with Crippen LogP contribution in [0.1, 0.15) is 90.0 Å². The Morgan fingerprint density at radius 2 is 1.45 bits per heavy atom. The van der Waals surface area contributed by atoms with Crippen molar-refractivity contribution in [2.45, 2.75) is 90.9 Å². The summed E-state index contributed by atoms with van der Waals surface area (Å²) in [6.45, 7) is 4.45. The highest BCUT2D eigenvalue weighted by atomic mass is 16.5. The van der Waals surface area contributed by atoms with Crippen molar-refractivity contribution in [3.05, 3.63) is 54.4 Å². The summed E-state index contributed by atoms with van der Waals surface area (Å²) in [6, 6.07) is 8.43. The highest BCUT2D eigenvalue weighted by Crippen LogP contribution is 2.19. The Kier molecular flexibility index (Phi) is 12.3. The Balaban J connectivity index is 1.75. The molecular formula is C27H38N2O2. The predicted octanol–water partition coefficient (Wildman–Crippen LogP) is 7.48. The van der Waals surface area contributed by atoms with Gasteiger partial charge >= 0.3 is 5.97 Å². The second-order valence-electron chi connectivity index (χ2n) is 8.13. The Labute approximate surface area is 188 Å². The third-order valence-corrected chi connectivity index (χ3v) is 5.36. The molecule has 0 aliphatic carbocycles. The zero-order chi connectivity index (χ0) is 22.2. The first-order valence-corrected chi connectivity index (χ1v) is 12.0. The van der Waals surface area contributed by atoms with Gasteiger partial charge in [-0.2, -0.15) is 0 Å². The van der Waals surface area contributed by atoms with Crippen molar-refractivity contribution in [3.8, 4) is 17.1 Å². The number of carbonyl (C=O) groups excluding carboxylic acids is 1. The molecule has 1 aromatic heterocycles. The molecule has 168 valence electrons. The number of unbranched alkanes of at least 4 members (excludes halogenated alkanes) is 9. The van der Waals surface area contributed by atoms with Crippen molar-refractivity contribution >= 4 is 5.97 Å². The number of aromatic nitrogens is 2. The summed E-state index contributed by atoms with van der Waals surface area (Å²) >= 11 is 0. The van der Waals surface area contributed by atoms with Crippen LogP contribution in [0.2, 0.25) is 0 Å². The van der Waals surface area contributed by atoms with Gasteiger partial charge in [0, 0.05) is 11.6 Å². The second kappa shape index (κ2) is 15.3. The van der Waals surface area contributed by atoms with Gasteiger partial charge in [0.1, 0.15) is 0 Å². The minimum absolute atomic E-state index is 0.366. The van der Waals surface area contributed by atoms with Gasteiger partial charge in [0.15, 0.2) is 11.6 Å². The first-order chi connectivity index (χ1) is 15.2. The zero-order valence-corrected chi connectivity index (χ0v) is 19.3. The summed E-state index contributed by atoms with van der Waals surface area (Å²) in [5.74, 6) is 0.621. The molecule has 1 aromatic carbocycles. The largest absolute Gasteiger partial charge is 0.420 e. The van der Waals surface area contributed by atoms with Gasteiger partial charge in [0.25, 0.3) is 0 Å². The summed E-state index contributed by atoms with van der Waals surface area (Å²) in [4.78, 5) is 20.6. The van der Waals surface area contributed by atoms with Crippen molar-refractivity contribution in [3.63, 3.8) is 0 Å². The monoisotopic (exact) mass is 422 g/mol. The number of hydrogen-bond donors (Lipinski definition) is 0. The second-order valence-corrected chi connectivity index (χ2v) is 8.13. The van der Waals surface area contributed by atoms with E-state index in [0.717, 1.165) is 24.8 Å². The minimum Gasteiger partial charge on any atom is -0.420 e. The van der Waals surface area contributed by atoms with E-state index < -0.39 is 0 Å². The summed E-state index contributed by atoms with van der Waals surface area (Å²) in [7, 11) is 0. The number of benzene rings is 1.